The Morgan fingerprint density at radius 1 is 0.905 bits per heavy atom. The maximum absolute atomic E-state index is 6.30. The van der Waals surface area contributed by atoms with E-state index in [0.29, 0.717) is 10.9 Å². The van der Waals surface area contributed by atoms with E-state index < -0.39 is 0 Å². The predicted molar refractivity (Wildman–Crippen MR) is 89.0 cm³/mol. The molecule has 2 nitrogen and oxygen atoms in total. The van der Waals surface area contributed by atoms with Crippen LogP contribution in [0.2, 0.25) is 5.02 Å². The quantitative estimate of drug-likeness (QED) is 0.850. The summed E-state index contributed by atoms with van der Waals surface area (Å²) in [5.41, 5.74) is 8.23. The van der Waals surface area contributed by atoms with Crippen LogP contribution in [-0.2, 0) is 0 Å². The van der Waals surface area contributed by atoms with Crippen molar-refractivity contribution in [2.45, 2.75) is 38.8 Å². The van der Waals surface area contributed by atoms with Gasteiger partial charge >= 0.3 is 0 Å². The summed E-state index contributed by atoms with van der Waals surface area (Å²) in [5.74, 6) is 1.26. The molecule has 0 fully saturated rings. The van der Waals surface area contributed by atoms with E-state index in [2.05, 4.69) is 19.9 Å². The van der Waals surface area contributed by atoms with Gasteiger partial charge in [0, 0.05) is 16.6 Å². The van der Waals surface area contributed by atoms with Gasteiger partial charge in [0.1, 0.15) is 11.9 Å². The van der Waals surface area contributed by atoms with Crippen molar-refractivity contribution in [3.8, 4) is 5.75 Å². The van der Waals surface area contributed by atoms with Crippen LogP contribution in [-0.4, -0.2) is 6.04 Å². The van der Waals surface area contributed by atoms with Crippen LogP contribution in [0.1, 0.15) is 43.9 Å². The predicted octanol–water partition coefficient (Wildman–Crippen LogP) is 4.93. The normalized spacial score (nSPS) is 14.0. The fraction of sp³-hybridized carbons (Fsp3) is 0.333. The Balaban J connectivity index is 2.36. The van der Waals surface area contributed by atoms with Gasteiger partial charge in [-0.25, -0.2) is 0 Å². The fourth-order valence-corrected chi connectivity index (χ4v) is 2.60. The van der Waals surface area contributed by atoms with Gasteiger partial charge < -0.3 is 10.5 Å². The molecule has 2 atom stereocenters. The van der Waals surface area contributed by atoms with E-state index in [1.165, 1.54) is 5.56 Å². The minimum Gasteiger partial charge on any atom is -0.484 e. The van der Waals surface area contributed by atoms with Gasteiger partial charge in [-0.3, -0.25) is 0 Å². The second-order valence-electron chi connectivity index (χ2n) is 5.61. The third-order valence-corrected chi connectivity index (χ3v) is 3.83. The van der Waals surface area contributed by atoms with Gasteiger partial charge in [-0.1, -0.05) is 61.8 Å². The number of para-hydroxylation sites is 1. The maximum Gasteiger partial charge on any atom is 0.140 e. The molecule has 0 radical (unpaired) electrons. The Hall–Kier alpha value is -1.51. The zero-order valence-corrected chi connectivity index (χ0v) is 13.5. The maximum atomic E-state index is 6.30. The summed E-state index contributed by atoms with van der Waals surface area (Å²) in [6.45, 7) is 6.24. The first-order valence-corrected chi connectivity index (χ1v) is 7.64. The molecule has 0 saturated heterocycles. The summed E-state index contributed by atoms with van der Waals surface area (Å²) in [4.78, 5) is 0. The smallest absolute Gasteiger partial charge is 0.140 e. The highest BCUT2D eigenvalue weighted by Gasteiger charge is 2.22. The Morgan fingerprint density at radius 3 is 2.05 bits per heavy atom. The van der Waals surface area contributed by atoms with E-state index in [-0.39, 0.29) is 12.1 Å². The van der Waals surface area contributed by atoms with Gasteiger partial charge in [0.2, 0.25) is 0 Å². The molecule has 2 N–H and O–H groups in total. The van der Waals surface area contributed by atoms with Gasteiger partial charge in [0.05, 0.1) is 0 Å². The number of halogens is 1. The summed E-state index contributed by atoms with van der Waals surface area (Å²) in [5, 5.41) is 0.682. The Labute approximate surface area is 131 Å². The molecule has 2 aromatic rings. The molecule has 3 heteroatoms. The number of rotatable bonds is 5. The lowest BCUT2D eigenvalue weighted by Crippen LogP contribution is -2.29. The molecule has 0 heterocycles. The first kappa shape index (κ1) is 15.9. The summed E-state index contributed by atoms with van der Waals surface area (Å²) < 4.78 is 6.23. The third kappa shape index (κ3) is 3.78. The van der Waals surface area contributed by atoms with Gasteiger partial charge in [-0.05, 0) is 30.5 Å². The molecule has 0 bridgehead atoms. The van der Waals surface area contributed by atoms with Crippen LogP contribution in [0.15, 0.2) is 48.5 Å². The van der Waals surface area contributed by atoms with Crippen LogP contribution in [0.4, 0.5) is 0 Å². The van der Waals surface area contributed by atoms with E-state index in [1.54, 1.807) is 0 Å². The minimum absolute atomic E-state index is 0.162. The standard InChI is InChI=1S/C18H22ClNO/c1-12(2)14-8-5-7-11-17(14)21-18(13(3)20)15-9-4-6-10-16(15)19/h4-13,18H,20H2,1-3H3. The molecule has 0 aliphatic carbocycles. The molecule has 0 saturated carbocycles. The lowest BCUT2D eigenvalue weighted by Gasteiger charge is -2.26. The van der Waals surface area contributed by atoms with E-state index in [9.17, 15) is 0 Å². The summed E-state index contributed by atoms with van der Waals surface area (Å²) in [7, 11) is 0. The second kappa shape index (κ2) is 6.97. The average Bonchev–Trinajstić information content (AvgIpc) is 2.45. The highest BCUT2D eigenvalue weighted by atomic mass is 35.5. The molecule has 0 aromatic heterocycles. The lowest BCUT2D eigenvalue weighted by molar-refractivity contribution is 0.178. The zero-order valence-electron chi connectivity index (χ0n) is 12.7. The van der Waals surface area contributed by atoms with Crippen molar-refractivity contribution in [2.75, 3.05) is 0 Å². The fourth-order valence-electron chi connectivity index (χ4n) is 2.36. The van der Waals surface area contributed by atoms with E-state index in [4.69, 9.17) is 22.1 Å². The molecular formula is C18H22ClNO. The summed E-state index contributed by atoms with van der Waals surface area (Å²) in [6, 6.07) is 15.6. The van der Waals surface area contributed by atoms with Crippen LogP contribution in [0.5, 0.6) is 5.75 Å². The lowest BCUT2D eigenvalue weighted by atomic mass is 10.0. The molecule has 2 unspecified atom stereocenters. The van der Waals surface area contributed by atoms with Crippen molar-refractivity contribution in [3.05, 3.63) is 64.7 Å². The molecule has 0 spiro atoms. The average molecular weight is 304 g/mol. The highest BCUT2D eigenvalue weighted by molar-refractivity contribution is 6.31. The number of ether oxygens (including phenoxy) is 1. The van der Waals surface area contributed by atoms with E-state index >= 15 is 0 Å². The van der Waals surface area contributed by atoms with Gasteiger partial charge in [0.25, 0.3) is 0 Å². The molecule has 0 aliphatic heterocycles. The topological polar surface area (TPSA) is 35.2 Å². The Bertz CT molecular complexity index is 595. The van der Waals surface area contributed by atoms with E-state index in [0.717, 1.165) is 11.3 Å². The molecule has 0 amide bonds. The van der Waals surface area contributed by atoms with Gasteiger partial charge in [-0.15, -0.1) is 0 Å². The molecule has 21 heavy (non-hydrogen) atoms. The first-order chi connectivity index (χ1) is 10.0. The summed E-state index contributed by atoms with van der Waals surface area (Å²) >= 11 is 6.30. The number of hydrogen-bond donors (Lipinski definition) is 1. The van der Waals surface area contributed by atoms with Crippen LogP contribution >= 0.6 is 11.6 Å². The largest absolute Gasteiger partial charge is 0.484 e. The van der Waals surface area contributed by atoms with Crippen LogP contribution in [0.3, 0.4) is 0 Å². The van der Waals surface area contributed by atoms with Crippen molar-refractivity contribution in [1.82, 2.24) is 0 Å². The molecular weight excluding hydrogens is 282 g/mol. The van der Waals surface area contributed by atoms with Crippen LogP contribution in [0, 0.1) is 0 Å². The SMILES string of the molecule is CC(C)c1ccccc1OC(c1ccccc1Cl)C(C)N. The van der Waals surface area contributed by atoms with Crippen molar-refractivity contribution in [3.63, 3.8) is 0 Å². The van der Waals surface area contributed by atoms with E-state index in [1.807, 2.05) is 49.4 Å². The van der Waals surface area contributed by atoms with Gasteiger partial charge in [-0.2, -0.15) is 0 Å². The number of nitrogens with two attached hydrogens (primary N) is 1. The third-order valence-electron chi connectivity index (χ3n) is 3.48. The molecule has 2 aromatic carbocycles. The van der Waals surface area contributed by atoms with Crippen LogP contribution in [0.25, 0.3) is 0 Å². The van der Waals surface area contributed by atoms with Gasteiger partial charge in [0.15, 0.2) is 0 Å². The van der Waals surface area contributed by atoms with Crippen LogP contribution < -0.4 is 10.5 Å². The zero-order chi connectivity index (χ0) is 15.4. The van der Waals surface area contributed by atoms with Crippen molar-refractivity contribution >= 4 is 11.6 Å². The Morgan fingerprint density at radius 2 is 1.48 bits per heavy atom. The van der Waals surface area contributed by atoms with Crippen molar-refractivity contribution < 1.29 is 4.74 Å². The number of benzene rings is 2. The number of hydrogen-bond acceptors (Lipinski definition) is 2. The first-order valence-electron chi connectivity index (χ1n) is 7.26. The monoisotopic (exact) mass is 303 g/mol. The second-order valence-corrected chi connectivity index (χ2v) is 6.02. The summed E-state index contributed by atoms with van der Waals surface area (Å²) in [6.07, 6.45) is -0.265. The molecule has 112 valence electrons. The molecule has 0 aliphatic rings. The van der Waals surface area contributed by atoms with Crippen molar-refractivity contribution in [2.24, 2.45) is 5.73 Å². The minimum atomic E-state index is -0.265. The highest BCUT2D eigenvalue weighted by Crippen LogP contribution is 2.33. The Kier molecular flexibility index (Phi) is 5.27. The van der Waals surface area contributed by atoms with Crippen molar-refractivity contribution in [1.29, 1.82) is 0 Å². The molecule has 2 rings (SSSR count).